The molecule has 6 heteroatoms. The molecule has 0 heterocycles. The van der Waals surface area contributed by atoms with Crippen LogP contribution >= 0.6 is 7.99 Å². The van der Waals surface area contributed by atoms with Crippen molar-refractivity contribution in [1.29, 1.82) is 5.26 Å². The van der Waals surface area contributed by atoms with Gasteiger partial charge in [0.1, 0.15) is 0 Å². The summed E-state index contributed by atoms with van der Waals surface area (Å²) in [5.74, 6) is 0. The monoisotopic (exact) mass is 169 g/mol. The fourth-order valence-electron chi connectivity index (χ4n) is 0.0745. The van der Waals surface area contributed by atoms with Crippen LogP contribution in [0, 0.1) is 11.3 Å². The highest BCUT2D eigenvalue weighted by Gasteiger charge is 2.09. The van der Waals surface area contributed by atoms with Gasteiger partial charge in [0, 0.05) is 6.08 Å². The third kappa shape index (κ3) is 175. The molecule has 1 N–H and O–H groups in total. The molecule has 58 valence electrons. The molecule has 0 spiro atoms. The van der Waals surface area contributed by atoms with Crippen LogP contribution in [0.3, 0.4) is 0 Å². The highest BCUT2D eigenvalue weighted by Crippen LogP contribution is 2.43. The zero-order chi connectivity index (χ0) is 8.62. The lowest BCUT2D eigenvalue weighted by Crippen LogP contribution is -1.45. The lowest BCUT2D eigenvalue weighted by molar-refractivity contribution is 0.376. The van der Waals surface area contributed by atoms with E-state index in [1.165, 1.54) is 6.08 Å². The Balaban J connectivity index is 0. The second-order valence-electron chi connectivity index (χ2n) is 1.06. The van der Waals surface area contributed by atoms with Gasteiger partial charge in [0.05, 0.1) is 6.07 Å². The molecule has 0 atom stereocenters. The molecule has 0 amide bonds. The lowest BCUT2D eigenvalue weighted by Gasteiger charge is -1.73. The average molecular weight is 169 g/mol. The molecule has 0 unspecified atom stereocenters. The molecule has 0 aromatic heterocycles. The number of allylic oxidation sites excluding steroid dienone is 2. The van der Waals surface area contributed by atoms with Gasteiger partial charge in [-0.1, -0.05) is 6.08 Å². The standard InChI is InChI=1S/C4H5N.F2HO2P/c1-2-3-4-5;1-5(2,3)4/h2-3H,1H3;(H,3,4). The first-order chi connectivity index (χ1) is 4.41. The van der Waals surface area contributed by atoms with Crippen molar-refractivity contribution in [2.24, 2.45) is 0 Å². The number of halogens is 2. The summed E-state index contributed by atoms with van der Waals surface area (Å²) in [6, 6.07) is 1.84. The Hall–Kier alpha value is -0.720. The quantitative estimate of drug-likeness (QED) is 0.446. The van der Waals surface area contributed by atoms with E-state index >= 15 is 0 Å². The molecule has 0 aliphatic rings. The van der Waals surface area contributed by atoms with Crippen LogP contribution in [0.2, 0.25) is 0 Å². The predicted octanol–water partition coefficient (Wildman–Crippen LogP) is 2.11. The molecule has 0 aliphatic heterocycles. The number of rotatable bonds is 0. The average Bonchev–Trinajstić information content (AvgIpc) is 1.63. The minimum atomic E-state index is -5.64. The molecule has 0 aromatic rings. The molecule has 0 saturated carbocycles. The molecule has 0 fully saturated rings. The number of hydrogen-bond donors (Lipinski definition) is 1. The summed E-state index contributed by atoms with van der Waals surface area (Å²) < 4.78 is 28.7. The van der Waals surface area contributed by atoms with Crippen LogP contribution in [0.4, 0.5) is 8.39 Å². The Labute approximate surface area is 57.3 Å². The fraction of sp³-hybridized carbons (Fsp3) is 0.250. The van der Waals surface area contributed by atoms with Crippen molar-refractivity contribution in [2.45, 2.75) is 6.92 Å². The molecule has 10 heavy (non-hydrogen) atoms. The summed E-state index contributed by atoms with van der Waals surface area (Å²) in [4.78, 5) is 6.74. The van der Waals surface area contributed by atoms with Crippen LogP contribution in [0.5, 0.6) is 0 Å². The van der Waals surface area contributed by atoms with Gasteiger partial charge in [-0.2, -0.15) is 5.26 Å². The summed E-state index contributed by atoms with van der Waals surface area (Å²) in [5, 5.41) is 7.73. The van der Waals surface area contributed by atoms with Gasteiger partial charge in [-0.05, 0) is 6.92 Å². The summed E-state index contributed by atoms with van der Waals surface area (Å²) >= 11 is 0. The SMILES string of the molecule is CC=CC#N.O=P(O)(F)F. The normalized spacial score (nSPS) is 9.90. The van der Waals surface area contributed by atoms with Gasteiger partial charge in [0.15, 0.2) is 0 Å². The molecule has 0 aliphatic carbocycles. The Morgan fingerprint density at radius 2 is 2.00 bits per heavy atom. The van der Waals surface area contributed by atoms with Crippen LogP contribution in [-0.4, -0.2) is 4.89 Å². The molecule has 0 bridgehead atoms. The van der Waals surface area contributed by atoms with Crippen molar-refractivity contribution in [3.05, 3.63) is 12.2 Å². The molecule has 0 radical (unpaired) electrons. The van der Waals surface area contributed by atoms with E-state index in [0.717, 1.165) is 0 Å². The molecule has 0 aromatic carbocycles. The van der Waals surface area contributed by atoms with E-state index in [-0.39, 0.29) is 0 Å². The van der Waals surface area contributed by atoms with E-state index in [9.17, 15) is 8.39 Å². The Morgan fingerprint density at radius 3 is 2.00 bits per heavy atom. The molecule has 3 nitrogen and oxygen atoms in total. The third-order valence-corrected chi connectivity index (χ3v) is 0.241. The van der Waals surface area contributed by atoms with Crippen molar-refractivity contribution in [3.8, 4) is 6.07 Å². The van der Waals surface area contributed by atoms with Crippen molar-refractivity contribution in [1.82, 2.24) is 0 Å². The zero-order valence-corrected chi connectivity index (χ0v) is 6.05. The zero-order valence-electron chi connectivity index (χ0n) is 5.16. The highest BCUT2D eigenvalue weighted by atomic mass is 31.2. The molecule has 0 saturated heterocycles. The topological polar surface area (TPSA) is 61.1 Å². The van der Waals surface area contributed by atoms with Crippen LogP contribution < -0.4 is 0 Å². The Kier molecular flexibility index (Phi) is 7.68. The van der Waals surface area contributed by atoms with Gasteiger partial charge in [-0.3, -0.25) is 4.89 Å². The first kappa shape index (κ1) is 12.0. The maximum Gasteiger partial charge on any atom is 0.549 e. The minimum absolute atomic E-state index is 1.43. The fourth-order valence-corrected chi connectivity index (χ4v) is 0.0745. The second kappa shape index (κ2) is 6.40. The van der Waals surface area contributed by atoms with E-state index in [4.69, 9.17) is 14.7 Å². The van der Waals surface area contributed by atoms with Gasteiger partial charge < -0.3 is 0 Å². The van der Waals surface area contributed by atoms with Gasteiger partial charge in [0.25, 0.3) is 0 Å². The number of hydrogen-bond acceptors (Lipinski definition) is 2. The molecular weight excluding hydrogens is 163 g/mol. The maximum absolute atomic E-state index is 10.1. The third-order valence-electron chi connectivity index (χ3n) is 0.241. The lowest BCUT2D eigenvalue weighted by atomic mass is 10.6. The first-order valence-corrected chi connectivity index (χ1v) is 3.58. The summed E-state index contributed by atoms with van der Waals surface area (Å²) in [7, 11) is -5.64. The minimum Gasteiger partial charge on any atom is -0.296 e. The summed E-state index contributed by atoms with van der Waals surface area (Å²) in [6.45, 7) is 1.81. The van der Waals surface area contributed by atoms with Gasteiger partial charge >= 0.3 is 7.99 Å². The highest BCUT2D eigenvalue weighted by molar-refractivity contribution is 7.46. The van der Waals surface area contributed by atoms with Gasteiger partial charge in [-0.15, -0.1) is 8.39 Å². The van der Waals surface area contributed by atoms with Crippen molar-refractivity contribution in [3.63, 3.8) is 0 Å². The Bertz CT molecular complexity index is 172. The second-order valence-corrected chi connectivity index (χ2v) is 1.93. The van der Waals surface area contributed by atoms with Crippen LogP contribution in [0.15, 0.2) is 12.2 Å². The van der Waals surface area contributed by atoms with E-state index in [1.54, 1.807) is 6.08 Å². The van der Waals surface area contributed by atoms with Gasteiger partial charge in [-0.25, -0.2) is 4.57 Å². The maximum atomic E-state index is 10.1. The summed E-state index contributed by atoms with van der Waals surface area (Å²) in [6.07, 6.45) is 3.12. The van der Waals surface area contributed by atoms with E-state index in [0.29, 0.717) is 0 Å². The van der Waals surface area contributed by atoms with Crippen molar-refractivity contribution >= 4 is 7.99 Å². The summed E-state index contributed by atoms with van der Waals surface area (Å²) in [5.41, 5.74) is 0. The molecular formula is C4H6F2NO2P. The predicted molar refractivity (Wildman–Crippen MR) is 32.5 cm³/mol. The molecule has 0 rings (SSSR count). The van der Waals surface area contributed by atoms with Crippen molar-refractivity contribution in [2.75, 3.05) is 0 Å². The largest absolute Gasteiger partial charge is 0.549 e. The van der Waals surface area contributed by atoms with Gasteiger partial charge in [0.2, 0.25) is 0 Å². The van der Waals surface area contributed by atoms with Crippen LogP contribution in [0.25, 0.3) is 0 Å². The number of nitrogens with zero attached hydrogens (tertiary/aromatic N) is 1. The smallest absolute Gasteiger partial charge is 0.296 e. The van der Waals surface area contributed by atoms with E-state index in [1.807, 2.05) is 13.0 Å². The number of nitriles is 1. The Morgan fingerprint density at radius 1 is 1.70 bits per heavy atom. The van der Waals surface area contributed by atoms with E-state index < -0.39 is 7.99 Å². The van der Waals surface area contributed by atoms with Crippen LogP contribution in [0.1, 0.15) is 6.92 Å². The first-order valence-electron chi connectivity index (χ1n) is 2.14. The van der Waals surface area contributed by atoms with Crippen LogP contribution in [-0.2, 0) is 4.57 Å². The van der Waals surface area contributed by atoms with E-state index in [2.05, 4.69) is 0 Å². The van der Waals surface area contributed by atoms with Crippen molar-refractivity contribution < 1.29 is 17.9 Å².